The molecule has 2 amide bonds. The molecule has 131 valence electrons. The first-order valence-electron chi connectivity index (χ1n) is 7.86. The zero-order valence-electron chi connectivity index (χ0n) is 14.4. The molecule has 7 nitrogen and oxygen atoms in total. The van der Waals surface area contributed by atoms with E-state index >= 15 is 0 Å². The lowest BCUT2D eigenvalue weighted by Crippen LogP contribution is -2.55. The molecule has 1 saturated heterocycles. The molecule has 1 aromatic carbocycles. The predicted molar refractivity (Wildman–Crippen MR) is 89.4 cm³/mol. The molecule has 1 heterocycles. The van der Waals surface area contributed by atoms with Gasteiger partial charge in [0.1, 0.15) is 11.4 Å². The fourth-order valence-corrected chi connectivity index (χ4v) is 2.21. The number of hydrogen-bond donors (Lipinski definition) is 1. The van der Waals surface area contributed by atoms with Crippen LogP contribution in [0.2, 0.25) is 0 Å². The minimum atomic E-state index is -0.543. The van der Waals surface area contributed by atoms with E-state index in [0.29, 0.717) is 31.9 Å². The second kappa shape index (κ2) is 7.53. The molecule has 0 unspecified atom stereocenters. The molecule has 1 fully saturated rings. The lowest BCUT2D eigenvalue weighted by Gasteiger charge is -2.34. The fraction of sp³-hybridized carbons (Fsp3) is 0.471. The van der Waals surface area contributed by atoms with Gasteiger partial charge in [0.2, 0.25) is 0 Å². The molecule has 1 radical (unpaired) electrons. The van der Waals surface area contributed by atoms with E-state index in [1.807, 2.05) is 6.07 Å². The summed E-state index contributed by atoms with van der Waals surface area (Å²) < 4.78 is 10.5. The van der Waals surface area contributed by atoms with Crippen LogP contribution in [0.4, 0.5) is 9.59 Å². The van der Waals surface area contributed by atoms with E-state index in [1.54, 1.807) is 48.9 Å². The number of amides is 2. The van der Waals surface area contributed by atoms with Crippen LogP contribution in [0.5, 0.6) is 5.75 Å². The van der Waals surface area contributed by atoms with Crippen LogP contribution in [0.25, 0.3) is 0 Å². The fourth-order valence-electron chi connectivity index (χ4n) is 2.21. The van der Waals surface area contributed by atoms with Crippen LogP contribution in [0.3, 0.4) is 0 Å². The first kappa shape index (κ1) is 18.1. The summed E-state index contributed by atoms with van der Waals surface area (Å²) >= 11 is 0. The highest BCUT2D eigenvalue weighted by molar-refractivity contribution is 5.71. The zero-order valence-corrected chi connectivity index (χ0v) is 14.4. The summed E-state index contributed by atoms with van der Waals surface area (Å²) in [5.74, 6) is 0.474. The van der Waals surface area contributed by atoms with E-state index in [9.17, 15) is 9.59 Å². The van der Waals surface area contributed by atoms with Crippen LogP contribution in [-0.4, -0.2) is 53.9 Å². The van der Waals surface area contributed by atoms with E-state index in [2.05, 4.69) is 12.3 Å². The minimum absolute atomic E-state index is 0.405. The third-order valence-electron chi connectivity index (χ3n) is 3.29. The van der Waals surface area contributed by atoms with Gasteiger partial charge < -0.3 is 14.4 Å². The van der Waals surface area contributed by atoms with Crippen molar-refractivity contribution in [1.82, 2.24) is 15.3 Å². The Balaban J connectivity index is 1.78. The molecule has 1 aliphatic heterocycles. The summed E-state index contributed by atoms with van der Waals surface area (Å²) in [6.45, 7) is 11.1. The van der Waals surface area contributed by atoms with Crippen molar-refractivity contribution in [3.8, 4) is 5.75 Å². The van der Waals surface area contributed by atoms with Gasteiger partial charge >= 0.3 is 12.2 Å². The van der Waals surface area contributed by atoms with E-state index in [4.69, 9.17) is 9.47 Å². The van der Waals surface area contributed by atoms with E-state index < -0.39 is 17.8 Å². The number of benzene rings is 1. The van der Waals surface area contributed by atoms with Crippen molar-refractivity contribution < 1.29 is 19.1 Å². The van der Waals surface area contributed by atoms with Gasteiger partial charge in [0.05, 0.1) is 0 Å². The van der Waals surface area contributed by atoms with Crippen molar-refractivity contribution in [2.45, 2.75) is 26.4 Å². The topological polar surface area (TPSA) is 71.1 Å². The monoisotopic (exact) mass is 334 g/mol. The highest BCUT2D eigenvalue weighted by Crippen LogP contribution is 2.14. The van der Waals surface area contributed by atoms with Crippen molar-refractivity contribution in [3.63, 3.8) is 0 Å². The maximum Gasteiger partial charge on any atom is 0.422 e. The van der Waals surface area contributed by atoms with Crippen molar-refractivity contribution in [1.29, 1.82) is 0 Å². The summed E-state index contributed by atoms with van der Waals surface area (Å²) in [6.07, 6.45) is -0.900. The summed E-state index contributed by atoms with van der Waals surface area (Å²) in [7, 11) is 0. The highest BCUT2D eigenvalue weighted by Gasteiger charge is 2.25. The molecule has 1 aromatic rings. The number of ether oxygens (including phenoxy) is 2. The Hall–Kier alpha value is -2.28. The largest absolute Gasteiger partial charge is 0.443 e. The Morgan fingerprint density at radius 3 is 2.42 bits per heavy atom. The number of piperazine rings is 1. The average Bonchev–Trinajstić information content (AvgIpc) is 2.45. The normalized spacial score (nSPS) is 15.8. The van der Waals surface area contributed by atoms with Crippen molar-refractivity contribution in [2.24, 2.45) is 0 Å². The van der Waals surface area contributed by atoms with E-state index in [1.165, 1.54) is 0 Å². The van der Waals surface area contributed by atoms with Gasteiger partial charge in [0.25, 0.3) is 0 Å². The van der Waals surface area contributed by atoms with Gasteiger partial charge in [-0.1, -0.05) is 12.1 Å². The standard InChI is InChI=1S/C17H24N3O4/c1-13-6-5-7-14(12-13)23-16(22)19-8-10-20(11-9-19)18-15(21)24-17(2,3)4/h5-7,12H,1,8-11H2,2-4H3,(H,18,21). The number of rotatable bonds is 2. The second-order valence-corrected chi connectivity index (χ2v) is 6.60. The van der Waals surface area contributed by atoms with Crippen LogP contribution in [0, 0.1) is 6.92 Å². The zero-order chi connectivity index (χ0) is 17.7. The van der Waals surface area contributed by atoms with Gasteiger partial charge in [-0.2, -0.15) is 0 Å². The van der Waals surface area contributed by atoms with Gasteiger partial charge in [-0.25, -0.2) is 14.6 Å². The molecule has 2 rings (SSSR count). The van der Waals surface area contributed by atoms with Gasteiger partial charge in [-0.05, 0) is 45.4 Å². The van der Waals surface area contributed by atoms with Gasteiger partial charge in [0.15, 0.2) is 0 Å². The van der Waals surface area contributed by atoms with Crippen molar-refractivity contribution >= 4 is 12.2 Å². The molecule has 0 saturated carbocycles. The molecule has 0 bridgehead atoms. The van der Waals surface area contributed by atoms with Crippen LogP contribution in [0.15, 0.2) is 24.3 Å². The number of carbonyl (C=O) groups is 2. The molecule has 7 heteroatoms. The number of nitrogens with zero attached hydrogens (tertiary/aromatic N) is 2. The SMILES string of the molecule is [CH2]c1cccc(OC(=O)N2CCN(NC(=O)OC(C)(C)C)CC2)c1. The number of hydrogen-bond acceptors (Lipinski definition) is 5. The lowest BCUT2D eigenvalue weighted by atomic mass is 10.2. The Morgan fingerprint density at radius 2 is 1.83 bits per heavy atom. The summed E-state index contributed by atoms with van der Waals surface area (Å²) in [4.78, 5) is 25.5. The molecule has 1 N–H and O–H groups in total. The Morgan fingerprint density at radius 1 is 1.17 bits per heavy atom. The average molecular weight is 334 g/mol. The number of hydrazine groups is 1. The molecular formula is C17H24N3O4. The van der Waals surface area contributed by atoms with Gasteiger partial charge in [0, 0.05) is 26.2 Å². The summed E-state index contributed by atoms with van der Waals surface area (Å²) in [6, 6.07) is 7.04. The summed E-state index contributed by atoms with van der Waals surface area (Å²) in [5.41, 5.74) is 2.92. The molecule has 0 atom stereocenters. The molecule has 1 aliphatic rings. The molecule has 0 aliphatic carbocycles. The van der Waals surface area contributed by atoms with Crippen LogP contribution in [-0.2, 0) is 4.74 Å². The van der Waals surface area contributed by atoms with Crippen molar-refractivity contribution in [3.05, 3.63) is 36.8 Å². The molecular weight excluding hydrogens is 310 g/mol. The van der Waals surface area contributed by atoms with Gasteiger partial charge in [-0.15, -0.1) is 0 Å². The molecule has 0 aromatic heterocycles. The quantitative estimate of drug-likeness (QED) is 0.899. The Bertz CT molecular complexity index is 590. The minimum Gasteiger partial charge on any atom is -0.443 e. The predicted octanol–water partition coefficient (Wildman–Crippen LogP) is 2.42. The smallest absolute Gasteiger partial charge is 0.422 e. The Kier molecular flexibility index (Phi) is 5.66. The third-order valence-corrected chi connectivity index (χ3v) is 3.29. The molecule has 24 heavy (non-hydrogen) atoms. The lowest BCUT2D eigenvalue weighted by molar-refractivity contribution is 0.0237. The first-order valence-corrected chi connectivity index (χ1v) is 7.86. The Labute approximate surface area is 142 Å². The maximum atomic E-state index is 12.1. The van der Waals surface area contributed by atoms with Gasteiger partial charge in [-0.3, -0.25) is 5.43 Å². The number of carbonyl (C=O) groups excluding carboxylic acids is 2. The second-order valence-electron chi connectivity index (χ2n) is 6.60. The number of nitrogens with one attached hydrogen (secondary N) is 1. The maximum absolute atomic E-state index is 12.1. The summed E-state index contributed by atoms with van der Waals surface area (Å²) in [5, 5.41) is 1.73. The van der Waals surface area contributed by atoms with Crippen LogP contribution in [0.1, 0.15) is 26.3 Å². The van der Waals surface area contributed by atoms with Crippen molar-refractivity contribution in [2.75, 3.05) is 26.2 Å². The highest BCUT2D eigenvalue weighted by atomic mass is 16.6. The van der Waals surface area contributed by atoms with E-state index in [0.717, 1.165) is 5.56 Å². The van der Waals surface area contributed by atoms with Crippen LogP contribution < -0.4 is 10.2 Å². The first-order chi connectivity index (χ1) is 11.2. The van der Waals surface area contributed by atoms with E-state index in [-0.39, 0.29) is 0 Å². The van der Waals surface area contributed by atoms with Crippen LogP contribution >= 0.6 is 0 Å². The third kappa shape index (κ3) is 5.73. The molecule has 0 spiro atoms.